The monoisotopic (exact) mass is 615 g/mol. The Morgan fingerprint density at radius 3 is 2.35 bits per heavy atom. The van der Waals surface area contributed by atoms with Gasteiger partial charge in [-0.15, -0.1) is 11.3 Å². The molecule has 0 saturated carbocycles. The highest BCUT2D eigenvalue weighted by Gasteiger charge is 2.44. The van der Waals surface area contributed by atoms with E-state index in [0.717, 1.165) is 34.5 Å². The van der Waals surface area contributed by atoms with E-state index < -0.39 is 35.6 Å². The highest BCUT2D eigenvalue weighted by Crippen LogP contribution is 2.29. The molecule has 1 aromatic carbocycles. The quantitative estimate of drug-likeness (QED) is 0.213. The molecule has 0 bridgehead atoms. The van der Waals surface area contributed by atoms with Crippen LogP contribution in [-0.2, 0) is 14.4 Å². The van der Waals surface area contributed by atoms with E-state index >= 15 is 0 Å². The van der Waals surface area contributed by atoms with Crippen LogP contribution in [0.2, 0.25) is 0 Å². The van der Waals surface area contributed by atoms with Gasteiger partial charge in [0.25, 0.3) is 0 Å². The molecule has 1 aromatic heterocycles. The van der Waals surface area contributed by atoms with Crippen LogP contribution in [0.3, 0.4) is 0 Å². The minimum absolute atomic E-state index is 0.0149. The van der Waals surface area contributed by atoms with E-state index in [1.54, 1.807) is 11.3 Å². The number of β-amino-alcohol motifs (C(OH)–C–C–N with tert-alkyl or cyclic N) is 1. The number of carboxylic acid groups (broad SMARTS) is 1. The van der Waals surface area contributed by atoms with Gasteiger partial charge in [-0.2, -0.15) is 0 Å². The van der Waals surface area contributed by atoms with Gasteiger partial charge in [-0.25, -0.2) is 9.78 Å². The fourth-order valence-electron chi connectivity index (χ4n) is 5.21. The molecule has 236 valence electrons. The van der Waals surface area contributed by atoms with Crippen LogP contribution in [0, 0.1) is 12.3 Å². The van der Waals surface area contributed by atoms with Crippen LogP contribution in [-0.4, -0.2) is 75.2 Å². The second-order valence-electron chi connectivity index (χ2n) is 12.3. The first kappa shape index (κ1) is 34.0. The summed E-state index contributed by atoms with van der Waals surface area (Å²) in [7, 11) is 0. The van der Waals surface area contributed by atoms with Crippen molar-refractivity contribution in [2.24, 2.45) is 5.41 Å². The SMILES string of the molecule is Cc1ncsc1-c1ccc([C@H](C)NC(=O)[C@@H]2C[C@@H](O)CN2C(=O)[C@@H](NC(=O)CCCCCCNC(=O)O)C(C)(C)C)cc1. The number of likely N-dealkylation sites (tertiary alicyclic amines) is 1. The third-order valence-corrected chi connectivity index (χ3v) is 8.64. The van der Waals surface area contributed by atoms with Gasteiger partial charge in [-0.05, 0) is 43.2 Å². The summed E-state index contributed by atoms with van der Waals surface area (Å²) in [5, 5.41) is 27.3. The summed E-state index contributed by atoms with van der Waals surface area (Å²) in [6.45, 7) is 9.79. The molecule has 0 unspecified atom stereocenters. The first-order valence-corrected chi connectivity index (χ1v) is 15.7. The summed E-state index contributed by atoms with van der Waals surface area (Å²) in [5.41, 5.74) is 4.12. The largest absolute Gasteiger partial charge is 0.465 e. The number of aryl methyl sites for hydroxylation is 1. The number of carbonyl (C=O) groups excluding carboxylic acids is 3. The van der Waals surface area contributed by atoms with Gasteiger partial charge in [0, 0.05) is 25.9 Å². The summed E-state index contributed by atoms with van der Waals surface area (Å²) < 4.78 is 0. The number of hydrogen-bond acceptors (Lipinski definition) is 7. The summed E-state index contributed by atoms with van der Waals surface area (Å²) in [6.07, 6.45) is 1.30. The van der Waals surface area contributed by atoms with E-state index in [1.807, 2.05) is 64.4 Å². The first-order valence-electron chi connectivity index (χ1n) is 14.8. The number of thiazole rings is 1. The number of amides is 4. The predicted octanol–water partition coefficient (Wildman–Crippen LogP) is 4.01. The molecule has 0 spiro atoms. The lowest BCUT2D eigenvalue weighted by Crippen LogP contribution is -2.57. The van der Waals surface area contributed by atoms with Crippen molar-refractivity contribution in [2.75, 3.05) is 13.1 Å². The fraction of sp³-hybridized carbons (Fsp3) is 0.581. The number of nitrogens with zero attached hydrogens (tertiary/aromatic N) is 2. The van der Waals surface area contributed by atoms with Crippen LogP contribution < -0.4 is 16.0 Å². The Bertz CT molecular complexity index is 1260. The van der Waals surface area contributed by atoms with E-state index in [1.165, 1.54) is 4.90 Å². The van der Waals surface area contributed by atoms with Crippen LogP contribution >= 0.6 is 11.3 Å². The maximum atomic E-state index is 13.8. The Balaban J connectivity index is 1.59. The third-order valence-electron chi connectivity index (χ3n) is 7.67. The number of unbranched alkanes of at least 4 members (excludes halogenated alkanes) is 3. The van der Waals surface area contributed by atoms with E-state index in [-0.39, 0.29) is 37.2 Å². The zero-order valence-electron chi connectivity index (χ0n) is 25.7. The van der Waals surface area contributed by atoms with E-state index in [9.17, 15) is 24.3 Å². The summed E-state index contributed by atoms with van der Waals surface area (Å²) >= 11 is 1.58. The molecule has 4 atom stereocenters. The molecule has 0 aliphatic carbocycles. The van der Waals surface area contributed by atoms with Crippen molar-refractivity contribution >= 4 is 35.2 Å². The number of aromatic nitrogens is 1. The number of hydrogen-bond donors (Lipinski definition) is 5. The number of rotatable bonds is 13. The second-order valence-corrected chi connectivity index (χ2v) is 13.1. The molecule has 1 saturated heterocycles. The van der Waals surface area contributed by atoms with Crippen LogP contribution in [0.15, 0.2) is 29.8 Å². The van der Waals surface area contributed by atoms with Gasteiger partial charge in [0.1, 0.15) is 12.1 Å². The molecular weight excluding hydrogens is 570 g/mol. The zero-order chi connectivity index (χ0) is 31.7. The van der Waals surface area contributed by atoms with Crippen molar-refractivity contribution in [3.63, 3.8) is 0 Å². The summed E-state index contributed by atoms with van der Waals surface area (Å²) in [6, 6.07) is 5.87. The van der Waals surface area contributed by atoms with Crippen molar-refractivity contribution < 1.29 is 29.4 Å². The van der Waals surface area contributed by atoms with Crippen LogP contribution in [0.1, 0.15) is 83.5 Å². The number of aliphatic hydroxyl groups excluding tert-OH is 1. The average Bonchev–Trinajstić information content (AvgIpc) is 3.55. The molecule has 2 aromatic rings. The van der Waals surface area contributed by atoms with Crippen molar-refractivity contribution in [3.8, 4) is 10.4 Å². The smallest absolute Gasteiger partial charge is 0.404 e. The summed E-state index contributed by atoms with van der Waals surface area (Å²) in [4.78, 5) is 57.3. The van der Waals surface area contributed by atoms with Gasteiger partial charge in [-0.3, -0.25) is 14.4 Å². The minimum Gasteiger partial charge on any atom is -0.465 e. The third kappa shape index (κ3) is 9.75. The Morgan fingerprint density at radius 2 is 1.74 bits per heavy atom. The highest BCUT2D eigenvalue weighted by atomic mass is 32.1. The lowest BCUT2D eigenvalue weighted by atomic mass is 9.85. The van der Waals surface area contributed by atoms with E-state index in [4.69, 9.17) is 5.11 Å². The number of aliphatic hydroxyl groups is 1. The highest BCUT2D eigenvalue weighted by molar-refractivity contribution is 7.13. The Kier molecular flexibility index (Phi) is 12.1. The van der Waals surface area contributed by atoms with Gasteiger partial charge in [0.15, 0.2) is 0 Å². The van der Waals surface area contributed by atoms with Gasteiger partial charge in [0.2, 0.25) is 17.7 Å². The number of carbonyl (C=O) groups is 4. The normalized spacial score (nSPS) is 18.1. The minimum atomic E-state index is -1.05. The maximum absolute atomic E-state index is 13.8. The topological polar surface area (TPSA) is 161 Å². The molecule has 4 amide bonds. The lowest BCUT2D eigenvalue weighted by Gasteiger charge is -2.35. The second kappa shape index (κ2) is 15.3. The Morgan fingerprint density at radius 1 is 1.07 bits per heavy atom. The van der Waals surface area contributed by atoms with Crippen molar-refractivity contribution in [1.29, 1.82) is 0 Å². The lowest BCUT2D eigenvalue weighted by molar-refractivity contribution is -0.144. The predicted molar refractivity (Wildman–Crippen MR) is 165 cm³/mol. The molecule has 2 heterocycles. The van der Waals surface area contributed by atoms with E-state index in [0.29, 0.717) is 19.4 Å². The number of benzene rings is 1. The first-order chi connectivity index (χ1) is 20.3. The standard InChI is InChI=1S/C31H45N5O6S/c1-19(21-11-13-22(14-12-21)26-20(2)33-18-43-26)34-28(39)24-16-23(37)17-36(24)29(40)27(31(3,4)5)35-25(38)10-8-6-7-9-15-32-30(41)42/h11-14,18-19,23-24,27,32,37H,6-10,15-17H2,1-5H3,(H,34,39)(H,35,38)(H,41,42)/t19-,23+,24-,27+/m0/s1. The van der Waals surface area contributed by atoms with Gasteiger partial charge >= 0.3 is 6.09 Å². The molecule has 1 aliphatic rings. The van der Waals surface area contributed by atoms with Gasteiger partial charge < -0.3 is 31.1 Å². The maximum Gasteiger partial charge on any atom is 0.404 e. The molecule has 1 fully saturated rings. The Hall–Kier alpha value is -3.51. The van der Waals surface area contributed by atoms with E-state index in [2.05, 4.69) is 20.9 Å². The molecule has 3 rings (SSSR count). The fourth-order valence-corrected chi connectivity index (χ4v) is 6.02. The van der Waals surface area contributed by atoms with Gasteiger partial charge in [-0.1, -0.05) is 57.9 Å². The molecule has 11 nitrogen and oxygen atoms in total. The van der Waals surface area contributed by atoms with Crippen molar-refractivity contribution in [1.82, 2.24) is 25.8 Å². The molecular formula is C31H45N5O6S. The molecule has 12 heteroatoms. The average molecular weight is 616 g/mol. The molecule has 0 radical (unpaired) electrons. The number of nitrogens with one attached hydrogen (secondary N) is 3. The van der Waals surface area contributed by atoms with Crippen molar-refractivity contribution in [2.45, 2.75) is 97.4 Å². The molecule has 5 N–H and O–H groups in total. The van der Waals surface area contributed by atoms with Crippen LogP contribution in [0.4, 0.5) is 4.79 Å². The van der Waals surface area contributed by atoms with Crippen LogP contribution in [0.5, 0.6) is 0 Å². The Labute approximate surface area is 257 Å². The van der Waals surface area contributed by atoms with Gasteiger partial charge in [0.05, 0.1) is 28.2 Å². The summed E-state index contributed by atoms with van der Waals surface area (Å²) in [5.74, 6) is -1.01. The zero-order valence-corrected chi connectivity index (χ0v) is 26.5. The van der Waals surface area contributed by atoms with Crippen molar-refractivity contribution in [3.05, 3.63) is 41.0 Å². The molecule has 1 aliphatic heterocycles. The molecule has 43 heavy (non-hydrogen) atoms. The van der Waals surface area contributed by atoms with Crippen LogP contribution in [0.25, 0.3) is 10.4 Å².